The van der Waals surface area contributed by atoms with Crippen molar-refractivity contribution in [1.82, 2.24) is 4.31 Å². The molecule has 8 nitrogen and oxygen atoms in total. The highest BCUT2D eigenvalue weighted by molar-refractivity contribution is 7.89. The van der Waals surface area contributed by atoms with Crippen molar-refractivity contribution < 1.29 is 32.2 Å². The van der Waals surface area contributed by atoms with Crippen LogP contribution >= 0.6 is 0 Å². The van der Waals surface area contributed by atoms with Gasteiger partial charge in [0.25, 0.3) is 0 Å². The highest BCUT2D eigenvalue weighted by Crippen LogP contribution is 2.45. The lowest BCUT2D eigenvalue weighted by Crippen LogP contribution is -2.43. The molecule has 46 heavy (non-hydrogen) atoms. The van der Waals surface area contributed by atoms with Gasteiger partial charge in [-0.15, -0.1) is 0 Å². The van der Waals surface area contributed by atoms with Crippen LogP contribution in [0.25, 0.3) is 0 Å². The minimum Gasteiger partial charge on any atom is -0.497 e. The third kappa shape index (κ3) is 8.18. The van der Waals surface area contributed by atoms with Gasteiger partial charge in [-0.3, -0.25) is 0 Å². The van der Waals surface area contributed by atoms with Crippen molar-refractivity contribution >= 4 is 16.0 Å². The van der Waals surface area contributed by atoms with E-state index in [1.54, 1.807) is 37.8 Å². The van der Waals surface area contributed by atoms with E-state index in [1.807, 2.05) is 73.7 Å². The van der Waals surface area contributed by atoms with Crippen molar-refractivity contribution in [3.8, 4) is 11.5 Å². The average Bonchev–Trinajstić information content (AvgIpc) is 3.03. The molecule has 1 saturated carbocycles. The van der Waals surface area contributed by atoms with E-state index in [-0.39, 0.29) is 54.6 Å². The standard InChI is InChI=1S/C37H45NO7S/c1-26(31-20-32(21-31)36(44-4)35-19-14-30(35)24-45-37(39)29-8-6-5-7-9-29)25-46(40,41)38(22-27-10-15-33(42-2)16-11-27)23-28-12-17-34(43-3)18-13-28/h5-13,15-18,20,26,30-31,35-36H,14,19,21-25H2,1-4H3/t26-,30+,31?,35-,36+/m1/s1. The number of hydrogen-bond donors (Lipinski definition) is 0. The first-order valence-corrected chi connectivity index (χ1v) is 17.5. The Morgan fingerprint density at radius 2 is 1.41 bits per heavy atom. The molecule has 3 aromatic rings. The second-order valence-electron chi connectivity index (χ2n) is 12.5. The molecule has 0 aliphatic heterocycles. The number of benzene rings is 3. The van der Waals surface area contributed by atoms with Crippen LogP contribution in [0.5, 0.6) is 11.5 Å². The molecule has 0 radical (unpaired) electrons. The van der Waals surface area contributed by atoms with Crippen LogP contribution in [0.4, 0.5) is 0 Å². The number of rotatable bonds is 16. The molecule has 0 N–H and O–H groups in total. The molecule has 246 valence electrons. The second kappa shape index (κ2) is 15.3. The highest BCUT2D eigenvalue weighted by Gasteiger charge is 2.42. The summed E-state index contributed by atoms with van der Waals surface area (Å²) in [5, 5.41) is 0. The maximum absolute atomic E-state index is 13.9. The number of nitrogens with zero attached hydrogens (tertiary/aromatic N) is 1. The Morgan fingerprint density at radius 1 is 0.848 bits per heavy atom. The third-order valence-corrected chi connectivity index (χ3v) is 11.4. The molecule has 0 amide bonds. The quantitative estimate of drug-likeness (QED) is 0.129. The predicted octanol–water partition coefficient (Wildman–Crippen LogP) is 6.52. The van der Waals surface area contributed by atoms with Crippen molar-refractivity contribution in [1.29, 1.82) is 0 Å². The molecular formula is C37H45NO7S. The first-order chi connectivity index (χ1) is 22.2. The van der Waals surface area contributed by atoms with Gasteiger partial charge < -0.3 is 18.9 Å². The molecule has 2 aliphatic carbocycles. The van der Waals surface area contributed by atoms with Gasteiger partial charge in [0.05, 0.1) is 38.2 Å². The van der Waals surface area contributed by atoms with Gasteiger partial charge in [0.1, 0.15) is 11.5 Å². The Balaban J connectivity index is 1.21. The number of carbonyl (C=O) groups is 1. The second-order valence-corrected chi connectivity index (χ2v) is 14.5. The van der Waals surface area contributed by atoms with Crippen LogP contribution in [0.15, 0.2) is 90.5 Å². The molecule has 0 bridgehead atoms. The Kier molecular flexibility index (Phi) is 11.2. The van der Waals surface area contributed by atoms with Crippen LogP contribution in [-0.2, 0) is 32.6 Å². The van der Waals surface area contributed by atoms with Gasteiger partial charge in [0.2, 0.25) is 10.0 Å². The number of carbonyl (C=O) groups excluding carboxylic acids is 1. The monoisotopic (exact) mass is 647 g/mol. The average molecular weight is 648 g/mol. The minimum atomic E-state index is -3.61. The summed E-state index contributed by atoms with van der Waals surface area (Å²) in [5.41, 5.74) is 3.56. The lowest BCUT2D eigenvalue weighted by molar-refractivity contribution is -0.0312. The molecule has 5 rings (SSSR count). The van der Waals surface area contributed by atoms with Gasteiger partial charge in [-0.05, 0) is 96.0 Å². The number of allylic oxidation sites excluding steroid dienone is 1. The van der Waals surface area contributed by atoms with Gasteiger partial charge in [-0.2, -0.15) is 4.31 Å². The molecule has 0 saturated heterocycles. The number of methoxy groups -OCH3 is 3. The summed E-state index contributed by atoms with van der Waals surface area (Å²) >= 11 is 0. The van der Waals surface area contributed by atoms with Crippen molar-refractivity contribution in [2.24, 2.45) is 23.7 Å². The van der Waals surface area contributed by atoms with E-state index in [4.69, 9.17) is 18.9 Å². The summed E-state index contributed by atoms with van der Waals surface area (Å²) in [4.78, 5) is 12.4. The molecule has 2 aliphatic rings. The fraction of sp³-hybridized carbons (Fsp3) is 0.432. The number of hydrogen-bond acceptors (Lipinski definition) is 7. The smallest absolute Gasteiger partial charge is 0.338 e. The Bertz CT molecular complexity index is 1520. The summed E-state index contributed by atoms with van der Waals surface area (Å²) in [6.07, 6.45) is 4.98. The highest BCUT2D eigenvalue weighted by atomic mass is 32.2. The molecule has 1 unspecified atom stereocenters. The van der Waals surface area contributed by atoms with E-state index in [9.17, 15) is 13.2 Å². The van der Waals surface area contributed by atoms with Crippen LogP contribution in [-0.4, -0.2) is 58.5 Å². The lowest BCUT2D eigenvalue weighted by Gasteiger charge is -2.45. The maximum atomic E-state index is 13.9. The predicted molar refractivity (Wildman–Crippen MR) is 178 cm³/mol. The Hall–Kier alpha value is -3.66. The van der Waals surface area contributed by atoms with Crippen molar-refractivity contribution in [3.63, 3.8) is 0 Å². The summed E-state index contributed by atoms with van der Waals surface area (Å²) in [6, 6.07) is 24.1. The largest absolute Gasteiger partial charge is 0.497 e. The van der Waals surface area contributed by atoms with Crippen LogP contribution in [0.1, 0.15) is 47.7 Å². The summed E-state index contributed by atoms with van der Waals surface area (Å²) in [5.74, 6) is 1.82. The van der Waals surface area contributed by atoms with Crippen LogP contribution in [0.2, 0.25) is 0 Å². The van der Waals surface area contributed by atoms with Crippen molar-refractivity contribution in [2.75, 3.05) is 33.7 Å². The molecule has 1 fully saturated rings. The Morgan fingerprint density at radius 3 is 1.89 bits per heavy atom. The van der Waals surface area contributed by atoms with E-state index >= 15 is 0 Å². The van der Waals surface area contributed by atoms with E-state index in [2.05, 4.69) is 6.08 Å². The topological polar surface area (TPSA) is 91.4 Å². The summed E-state index contributed by atoms with van der Waals surface area (Å²) in [6.45, 7) is 2.92. The zero-order valence-corrected chi connectivity index (χ0v) is 27.9. The Labute approximate surface area is 273 Å². The maximum Gasteiger partial charge on any atom is 0.338 e. The number of ether oxygens (including phenoxy) is 4. The minimum absolute atomic E-state index is 0.0455. The van der Waals surface area contributed by atoms with E-state index in [0.717, 1.165) is 41.9 Å². The van der Waals surface area contributed by atoms with Crippen LogP contribution < -0.4 is 9.47 Å². The molecule has 3 aromatic carbocycles. The molecule has 0 aromatic heterocycles. The molecule has 5 atom stereocenters. The van der Waals surface area contributed by atoms with Crippen LogP contribution in [0.3, 0.4) is 0 Å². The van der Waals surface area contributed by atoms with Gasteiger partial charge in [-0.1, -0.05) is 55.5 Å². The molecular weight excluding hydrogens is 602 g/mol. The zero-order valence-electron chi connectivity index (χ0n) is 27.1. The fourth-order valence-corrected chi connectivity index (χ4v) is 8.23. The van der Waals surface area contributed by atoms with Crippen molar-refractivity contribution in [2.45, 2.75) is 45.4 Å². The van der Waals surface area contributed by atoms with Crippen LogP contribution in [0, 0.1) is 23.7 Å². The zero-order chi connectivity index (χ0) is 32.7. The van der Waals surface area contributed by atoms with Gasteiger partial charge in [0, 0.05) is 20.2 Å². The third-order valence-electron chi connectivity index (χ3n) is 9.46. The fourth-order valence-electron chi connectivity index (χ4n) is 6.41. The normalized spacial score (nSPS) is 20.5. The molecule has 9 heteroatoms. The lowest BCUT2D eigenvalue weighted by atomic mass is 9.65. The number of esters is 1. The summed E-state index contributed by atoms with van der Waals surface area (Å²) < 4.78 is 51.6. The van der Waals surface area contributed by atoms with E-state index in [0.29, 0.717) is 12.2 Å². The van der Waals surface area contributed by atoms with E-state index in [1.165, 1.54) is 5.57 Å². The SMILES string of the molecule is COc1ccc(CN(Cc2ccc(OC)cc2)S(=O)(=O)C[C@@H](C)C2C=C([C@H](OC)[C@@H]3CC[C@H]3COC(=O)c3ccccc3)C2)cc1. The number of sulfonamides is 1. The van der Waals surface area contributed by atoms with Crippen molar-refractivity contribution in [3.05, 3.63) is 107 Å². The molecule has 0 heterocycles. The van der Waals surface area contributed by atoms with E-state index < -0.39 is 10.0 Å². The first kappa shape index (κ1) is 33.7. The van der Waals surface area contributed by atoms with Gasteiger partial charge in [-0.25, -0.2) is 13.2 Å². The molecule has 0 spiro atoms. The summed E-state index contributed by atoms with van der Waals surface area (Å²) in [7, 11) is 1.34. The van der Waals surface area contributed by atoms with Gasteiger partial charge >= 0.3 is 5.97 Å². The first-order valence-electron chi connectivity index (χ1n) is 15.9. The van der Waals surface area contributed by atoms with Gasteiger partial charge in [0.15, 0.2) is 0 Å².